The van der Waals surface area contributed by atoms with E-state index in [0.717, 1.165) is 61.9 Å². The number of ether oxygens (including phenoxy) is 1. The van der Waals surface area contributed by atoms with Crippen molar-refractivity contribution < 1.29 is 4.74 Å². The Morgan fingerprint density at radius 1 is 1.00 bits per heavy atom. The Morgan fingerprint density at radius 2 is 1.76 bits per heavy atom. The van der Waals surface area contributed by atoms with Gasteiger partial charge < -0.3 is 9.30 Å². The van der Waals surface area contributed by atoms with Gasteiger partial charge >= 0.3 is 5.69 Å². The number of benzene rings is 1. The van der Waals surface area contributed by atoms with Crippen molar-refractivity contribution in [3.05, 3.63) is 67.6 Å². The first-order chi connectivity index (χ1) is 15.9. The Balaban J connectivity index is 1.64. The molecule has 0 spiro atoms. The number of aryl methyl sites for hydroxylation is 3. The standard InChI is InChI=1S/C24H30N6O3/c1-16-6-5-7-19(14-16)15-29-22(31)20-21(26(4)24(29)32)25-23-28(17(2)18(3)30(20)23)9-8-27-10-12-33-13-11-27/h5-7,14H,8-13,15H2,1-4H3. The first-order valence-electron chi connectivity index (χ1n) is 11.4. The summed E-state index contributed by atoms with van der Waals surface area (Å²) in [6, 6.07) is 7.88. The molecule has 174 valence electrons. The summed E-state index contributed by atoms with van der Waals surface area (Å²) in [5.74, 6) is 0.702. The summed E-state index contributed by atoms with van der Waals surface area (Å²) in [7, 11) is 1.68. The number of morpholine rings is 1. The molecule has 4 heterocycles. The maximum Gasteiger partial charge on any atom is 0.332 e. The SMILES string of the molecule is Cc1cccc(Cn2c(=O)c3c(nc4n(CCN5CCOCC5)c(C)c(C)n34)n(C)c2=O)c1. The van der Waals surface area contributed by atoms with Gasteiger partial charge in [-0.15, -0.1) is 0 Å². The molecule has 1 aliphatic heterocycles. The maximum absolute atomic E-state index is 13.6. The van der Waals surface area contributed by atoms with Gasteiger partial charge in [0.15, 0.2) is 11.2 Å². The van der Waals surface area contributed by atoms with Gasteiger partial charge in [0.1, 0.15) is 0 Å². The van der Waals surface area contributed by atoms with E-state index in [1.165, 1.54) is 9.13 Å². The molecule has 0 unspecified atom stereocenters. The molecule has 0 atom stereocenters. The van der Waals surface area contributed by atoms with Crippen LogP contribution in [0.5, 0.6) is 0 Å². The second kappa shape index (κ2) is 8.31. The summed E-state index contributed by atoms with van der Waals surface area (Å²) in [5.41, 5.74) is 4.26. The van der Waals surface area contributed by atoms with Crippen LogP contribution in [0.15, 0.2) is 33.9 Å². The number of aromatic nitrogens is 5. The molecular weight excluding hydrogens is 420 g/mol. The predicted octanol–water partition coefficient (Wildman–Crippen LogP) is 1.46. The van der Waals surface area contributed by atoms with Crippen LogP contribution in [-0.4, -0.2) is 60.8 Å². The fourth-order valence-electron chi connectivity index (χ4n) is 4.78. The maximum atomic E-state index is 13.6. The van der Waals surface area contributed by atoms with Gasteiger partial charge in [0.25, 0.3) is 5.56 Å². The molecule has 33 heavy (non-hydrogen) atoms. The van der Waals surface area contributed by atoms with Crippen LogP contribution in [0.4, 0.5) is 0 Å². The highest BCUT2D eigenvalue weighted by atomic mass is 16.5. The largest absolute Gasteiger partial charge is 0.379 e. The molecule has 9 heteroatoms. The number of hydrogen-bond acceptors (Lipinski definition) is 5. The average Bonchev–Trinajstić information content (AvgIpc) is 3.30. The number of fused-ring (bicyclic) bond motifs is 3. The minimum atomic E-state index is -0.357. The quantitative estimate of drug-likeness (QED) is 0.460. The van der Waals surface area contributed by atoms with Crippen molar-refractivity contribution in [1.29, 1.82) is 0 Å². The number of hydrogen-bond donors (Lipinski definition) is 0. The zero-order valence-electron chi connectivity index (χ0n) is 19.7. The molecule has 1 aliphatic rings. The highest BCUT2D eigenvalue weighted by Gasteiger charge is 2.23. The number of nitrogens with zero attached hydrogens (tertiary/aromatic N) is 6. The minimum absolute atomic E-state index is 0.228. The Labute approximate surface area is 191 Å². The normalized spacial score (nSPS) is 15.2. The van der Waals surface area contributed by atoms with Crippen molar-refractivity contribution in [3.63, 3.8) is 0 Å². The van der Waals surface area contributed by atoms with Crippen molar-refractivity contribution >= 4 is 16.9 Å². The van der Waals surface area contributed by atoms with Crippen LogP contribution >= 0.6 is 0 Å². The molecule has 3 aromatic heterocycles. The zero-order valence-corrected chi connectivity index (χ0v) is 19.7. The van der Waals surface area contributed by atoms with E-state index in [-0.39, 0.29) is 17.8 Å². The molecule has 4 aromatic rings. The lowest BCUT2D eigenvalue weighted by Gasteiger charge is -2.26. The van der Waals surface area contributed by atoms with Crippen LogP contribution in [0.3, 0.4) is 0 Å². The molecule has 0 radical (unpaired) electrons. The second-order valence-electron chi connectivity index (χ2n) is 8.92. The highest BCUT2D eigenvalue weighted by Crippen LogP contribution is 2.21. The summed E-state index contributed by atoms with van der Waals surface area (Å²) in [4.78, 5) is 33.9. The van der Waals surface area contributed by atoms with Crippen LogP contribution < -0.4 is 11.2 Å². The first kappa shape index (κ1) is 21.7. The molecule has 0 aliphatic carbocycles. The van der Waals surface area contributed by atoms with Crippen molar-refractivity contribution in [2.45, 2.75) is 33.9 Å². The van der Waals surface area contributed by atoms with Gasteiger partial charge in [-0.2, -0.15) is 4.98 Å². The molecule has 0 saturated carbocycles. The van der Waals surface area contributed by atoms with Gasteiger partial charge in [-0.1, -0.05) is 29.8 Å². The molecule has 0 amide bonds. The van der Waals surface area contributed by atoms with E-state index in [0.29, 0.717) is 16.9 Å². The summed E-state index contributed by atoms with van der Waals surface area (Å²) < 4.78 is 12.3. The summed E-state index contributed by atoms with van der Waals surface area (Å²) in [6.07, 6.45) is 0. The van der Waals surface area contributed by atoms with Gasteiger partial charge in [-0.25, -0.2) is 4.79 Å². The van der Waals surface area contributed by atoms with E-state index in [1.54, 1.807) is 7.05 Å². The monoisotopic (exact) mass is 450 g/mol. The third-order valence-electron chi connectivity index (χ3n) is 6.80. The average molecular weight is 451 g/mol. The fourth-order valence-corrected chi connectivity index (χ4v) is 4.78. The van der Waals surface area contributed by atoms with Gasteiger partial charge in [0.2, 0.25) is 5.78 Å². The molecule has 1 fully saturated rings. The second-order valence-corrected chi connectivity index (χ2v) is 8.92. The fraction of sp³-hybridized carbons (Fsp3) is 0.458. The zero-order chi connectivity index (χ0) is 23.3. The number of rotatable bonds is 5. The van der Waals surface area contributed by atoms with E-state index in [2.05, 4.69) is 16.4 Å². The lowest BCUT2D eigenvalue weighted by molar-refractivity contribution is 0.0364. The van der Waals surface area contributed by atoms with E-state index in [4.69, 9.17) is 9.72 Å². The molecule has 1 saturated heterocycles. The van der Waals surface area contributed by atoms with Crippen LogP contribution in [0.25, 0.3) is 16.9 Å². The Morgan fingerprint density at radius 3 is 2.48 bits per heavy atom. The van der Waals surface area contributed by atoms with Crippen LogP contribution in [0.1, 0.15) is 22.5 Å². The van der Waals surface area contributed by atoms with E-state index >= 15 is 0 Å². The van der Waals surface area contributed by atoms with Gasteiger partial charge in [-0.3, -0.25) is 23.2 Å². The minimum Gasteiger partial charge on any atom is -0.379 e. The van der Waals surface area contributed by atoms with E-state index in [9.17, 15) is 9.59 Å². The molecule has 9 nitrogen and oxygen atoms in total. The third kappa shape index (κ3) is 3.61. The lowest BCUT2D eigenvalue weighted by Crippen LogP contribution is -2.39. The third-order valence-corrected chi connectivity index (χ3v) is 6.80. The van der Waals surface area contributed by atoms with Crippen molar-refractivity contribution in [2.24, 2.45) is 7.05 Å². The topological polar surface area (TPSA) is 78.7 Å². The van der Waals surface area contributed by atoms with Gasteiger partial charge in [-0.05, 0) is 26.3 Å². The Kier molecular flexibility index (Phi) is 5.46. The van der Waals surface area contributed by atoms with Crippen molar-refractivity contribution in [1.82, 2.24) is 28.0 Å². The van der Waals surface area contributed by atoms with E-state index in [1.807, 2.05) is 42.5 Å². The highest BCUT2D eigenvalue weighted by molar-refractivity contribution is 5.76. The molecular formula is C24H30N6O3. The Bertz CT molecular complexity index is 1470. The molecule has 0 bridgehead atoms. The molecule has 0 N–H and O–H groups in total. The van der Waals surface area contributed by atoms with Crippen LogP contribution in [0.2, 0.25) is 0 Å². The van der Waals surface area contributed by atoms with Gasteiger partial charge in [0.05, 0.1) is 19.8 Å². The summed E-state index contributed by atoms with van der Waals surface area (Å²) in [5, 5.41) is 0. The lowest BCUT2D eigenvalue weighted by atomic mass is 10.1. The number of imidazole rings is 2. The van der Waals surface area contributed by atoms with Crippen LogP contribution in [-0.2, 0) is 24.9 Å². The molecule has 5 rings (SSSR count). The van der Waals surface area contributed by atoms with Gasteiger partial charge in [0, 0.05) is 44.6 Å². The van der Waals surface area contributed by atoms with Crippen molar-refractivity contribution in [3.8, 4) is 0 Å². The smallest absolute Gasteiger partial charge is 0.332 e. The van der Waals surface area contributed by atoms with E-state index < -0.39 is 0 Å². The van der Waals surface area contributed by atoms with Crippen molar-refractivity contribution in [2.75, 3.05) is 32.8 Å². The summed E-state index contributed by atoms with van der Waals surface area (Å²) >= 11 is 0. The predicted molar refractivity (Wildman–Crippen MR) is 127 cm³/mol. The first-order valence-corrected chi connectivity index (χ1v) is 11.4. The Hall–Kier alpha value is -3.17. The summed E-state index contributed by atoms with van der Waals surface area (Å²) in [6.45, 7) is 11.3. The molecule has 1 aromatic carbocycles. The van der Waals surface area contributed by atoms with Crippen LogP contribution in [0, 0.1) is 20.8 Å².